The summed E-state index contributed by atoms with van der Waals surface area (Å²) in [6.07, 6.45) is 9.40. The molecule has 0 atom stereocenters. The van der Waals surface area contributed by atoms with Gasteiger partial charge in [-0.1, -0.05) is 18.9 Å². The largest absolute Gasteiger partial charge is 0.486 e. The number of nitrogens with zero attached hydrogens (tertiary/aromatic N) is 1. The van der Waals surface area contributed by atoms with Crippen LogP contribution in [-0.2, 0) is 0 Å². The molecule has 6 rings (SSSR count). The number of rotatable bonds is 2. The van der Waals surface area contributed by atoms with Crippen LogP contribution in [0.3, 0.4) is 0 Å². The molecule has 2 aromatic heterocycles. The number of aromatic amines is 1. The van der Waals surface area contributed by atoms with Crippen molar-refractivity contribution in [3.8, 4) is 16.9 Å². The molecule has 2 aliphatic heterocycles. The van der Waals surface area contributed by atoms with Gasteiger partial charge in [-0.15, -0.1) is 0 Å². The lowest BCUT2D eigenvalue weighted by Gasteiger charge is -2.41. The highest BCUT2D eigenvalue weighted by Gasteiger charge is 2.41. The zero-order valence-corrected chi connectivity index (χ0v) is 17.2. The number of H-pyrrole nitrogens is 1. The highest BCUT2D eigenvalue weighted by molar-refractivity contribution is 6.02. The van der Waals surface area contributed by atoms with Crippen molar-refractivity contribution in [3.05, 3.63) is 47.8 Å². The van der Waals surface area contributed by atoms with Crippen LogP contribution >= 0.6 is 0 Å². The summed E-state index contributed by atoms with van der Waals surface area (Å²) in [5.41, 5.74) is 4.70. The number of carbonyl (C=O) groups is 1. The summed E-state index contributed by atoms with van der Waals surface area (Å²) in [5.74, 6) is 1.53. The number of Topliss-reactive ketones (excluding diaryl/α,β-unsaturated/α-hetero) is 1. The first-order chi connectivity index (χ1) is 14.7. The molecule has 4 heterocycles. The summed E-state index contributed by atoms with van der Waals surface area (Å²) in [7, 11) is 0. The number of hydrogen-bond donors (Lipinski definition) is 2. The van der Waals surface area contributed by atoms with E-state index in [1.165, 1.54) is 31.4 Å². The predicted molar refractivity (Wildman–Crippen MR) is 117 cm³/mol. The van der Waals surface area contributed by atoms with Crippen molar-refractivity contribution in [2.75, 3.05) is 13.1 Å². The number of pyridine rings is 1. The molecule has 154 valence electrons. The third kappa shape index (κ3) is 2.95. The van der Waals surface area contributed by atoms with E-state index < -0.39 is 0 Å². The molecule has 1 spiro atoms. The molecular weight excluding hydrogens is 374 g/mol. The van der Waals surface area contributed by atoms with Gasteiger partial charge < -0.3 is 15.0 Å². The van der Waals surface area contributed by atoms with E-state index in [0.29, 0.717) is 17.9 Å². The first-order valence-electron chi connectivity index (χ1n) is 11.3. The highest BCUT2D eigenvalue weighted by Crippen LogP contribution is 2.41. The van der Waals surface area contributed by atoms with E-state index in [2.05, 4.69) is 22.4 Å². The molecule has 30 heavy (non-hydrogen) atoms. The molecule has 5 nitrogen and oxygen atoms in total. The topological polar surface area (TPSA) is 67.0 Å². The lowest BCUT2D eigenvalue weighted by atomic mass is 9.82. The number of aromatic nitrogens is 2. The smallest absolute Gasteiger partial charge is 0.170 e. The maximum Gasteiger partial charge on any atom is 0.170 e. The molecule has 1 aliphatic carbocycles. The highest BCUT2D eigenvalue weighted by atomic mass is 16.5. The summed E-state index contributed by atoms with van der Waals surface area (Å²) in [6, 6.07) is 10.4. The van der Waals surface area contributed by atoms with Crippen LogP contribution in [0.15, 0.2) is 36.5 Å². The molecule has 0 amide bonds. The molecule has 1 saturated carbocycles. The van der Waals surface area contributed by atoms with Crippen LogP contribution in [0.1, 0.15) is 66.9 Å². The molecule has 0 radical (unpaired) electrons. The normalized spacial score (nSPS) is 21.1. The van der Waals surface area contributed by atoms with Crippen molar-refractivity contribution >= 4 is 16.8 Å². The molecule has 2 fully saturated rings. The van der Waals surface area contributed by atoms with Crippen molar-refractivity contribution in [2.24, 2.45) is 0 Å². The second kappa shape index (κ2) is 6.95. The first kappa shape index (κ1) is 18.1. The predicted octanol–water partition coefficient (Wildman–Crippen LogP) is 4.97. The fourth-order valence-corrected chi connectivity index (χ4v) is 5.53. The minimum atomic E-state index is -0.341. The molecule has 3 aliphatic rings. The van der Waals surface area contributed by atoms with E-state index in [1.54, 1.807) is 0 Å². The summed E-state index contributed by atoms with van der Waals surface area (Å²) in [4.78, 5) is 21.1. The number of hydrogen-bond acceptors (Lipinski definition) is 4. The van der Waals surface area contributed by atoms with Gasteiger partial charge in [-0.2, -0.15) is 0 Å². The van der Waals surface area contributed by atoms with E-state index in [-0.39, 0.29) is 11.4 Å². The van der Waals surface area contributed by atoms with Crippen LogP contribution < -0.4 is 10.1 Å². The van der Waals surface area contributed by atoms with Gasteiger partial charge in [0.15, 0.2) is 5.78 Å². The summed E-state index contributed by atoms with van der Waals surface area (Å²) >= 11 is 0. The van der Waals surface area contributed by atoms with Crippen molar-refractivity contribution in [2.45, 2.75) is 56.5 Å². The third-order valence-electron chi connectivity index (χ3n) is 7.25. The molecule has 2 N–H and O–H groups in total. The van der Waals surface area contributed by atoms with Gasteiger partial charge >= 0.3 is 0 Å². The number of fused-ring (bicyclic) bond motifs is 2. The molecule has 0 bridgehead atoms. The Hall–Kier alpha value is -2.66. The maximum absolute atomic E-state index is 12.8. The number of carbonyl (C=O) groups excluding carboxylic acids is 1. The van der Waals surface area contributed by atoms with Gasteiger partial charge in [0, 0.05) is 41.6 Å². The minimum absolute atomic E-state index is 0.200. The first-order valence-corrected chi connectivity index (χ1v) is 11.3. The Morgan fingerprint density at radius 2 is 1.87 bits per heavy atom. The molecule has 1 saturated heterocycles. The monoisotopic (exact) mass is 401 g/mol. The summed E-state index contributed by atoms with van der Waals surface area (Å²) in [5, 5.41) is 4.49. The molecule has 0 unspecified atom stereocenters. The lowest BCUT2D eigenvalue weighted by molar-refractivity contribution is 0.0188. The van der Waals surface area contributed by atoms with E-state index in [9.17, 15) is 4.79 Å². The molecule has 1 aromatic carbocycles. The van der Waals surface area contributed by atoms with Crippen molar-refractivity contribution in [1.82, 2.24) is 15.3 Å². The number of benzene rings is 1. The number of piperidine rings is 1. The zero-order valence-electron chi connectivity index (χ0n) is 17.2. The molecule has 3 aromatic rings. The van der Waals surface area contributed by atoms with Gasteiger partial charge in [-0.3, -0.25) is 4.79 Å². The standard InChI is InChI=1S/C25H27N3O2/c29-22-14-25(9-11-26-12-10-25)30-23-13-17(5-6-19(22)23)20-15-27-24-18(20)7-8-21(28-24)16-3-1-2-4-16/h5-8,13,15-16,26H,1-4,9-12,14H2,(H,27,28). The Morgan fingerprint density at radius 1 is 1.03 bits per heavy atom. The fourth-order valence-electron chi connectivity index (χ4n) is 5.53. The van der Waals surface area contributed by atoms with Crippen LogP contribution in [0.5, 0.6) is 5.75 Å². The van der Waals surface area contributed by atoms with E-state index in [4.69, 9.17) is 9.72 Å². The average molecular weight is 402 g/mol. The van der Waals surface area contributed by atoms with Crippen LogP contribution in [0, 0.1) is 0 Å². The molecular formula is C25H27N3O2. The fraction of sp³-hybridized carbons (Fsp3) is 0.440. The lowest BCUT2D eigenvalue weighted by Crippen LogP contribution is -2.49. The Labute approximate surface area is 176 Å². The van der Waals surface area contributed by atoms with Crippen molar-refractivity contribution in [1.29, 1.82) is 0 Å². The van der Waals surface area contributed by atoms with Gasteiger partial charge in [-0.05, 0) is 55.8 Å². The van der Waals surface area contributed by atoms with E-state index in [1.807, 2.05) is 24.4 Å². The minimum Gasteiger partial charge on any atom is -0.486 e. The SMILES string of the molecule is O=C1CC2(CCNCC2)Oc2cc(-c3c[nH]c4nc(C5CCCC5)ccc34)ccc21. The van der Waals surface area contributed by atoms with Crippen molar-refractivity contribution < 1.29 is 9.53 Å². The third-order valence-corrected chi connectivity index (χ3v) is 7.25. The van der Waals surface area contributed by atoms with Gasteiger partial charge in [0.1, 0.15) is 17.0 Å². The Balaban J connectivity index is 1.37. The maximum atomic E-state index is 12.8. The second-order valence-corrected chi connectivity index (χ2v) is 9.16. The number of ketones is 1. The van der Waals surface area contributed by atoms with Crippen LogP contribution in [0.2, 0.25) is 0 Å². The van der Waals surface area contributed by atoms with Crippen LogP contribution in [-0.4, -0.2) is 34.4 Å². The van der Waals surface area contributed by atoms with Gasteiger partial charge in [0.25, 0.3) is 0 Å². The Bertz CT molecular complexity index is 1120. The summed E-state index contributed by atoms with van der Waals surface area (Å²) < 4.78 is 6.48. The van der Waals surface area contributed by atoms with Gasteiger partial charge in [0.05, 0.1) is 12.0 Å². The Morgan fingerprint density at radius 3 is 2.70 bits per heavy atom. The van der Waals surface area contributed by atoms with E-state index >= 15 is 0 Å². The van der Waals surface area contributed by atoms with Crippen LogP contribution in [0.4, 0.5) is 0 Å². The second-order valence-electron chi connectivity index (χ2n) is 9.16. The Kier molecular flexibility index (Phi) is 4.20. The quantitative estimate of drug-likeness (QED) is 0.636. The zero-order chi connectivity index (χ0) is 20.1. The van der Waals surface area contributed by atoms with Crippen molar-refractivity contribution in [3.63, 3.8) is 0 Å². The van der Waals surface area contributed by atoms with Gasteiger partial charge in [0.2, 0.25) is 0 Å². The van der Waals surface area contributed by atoms with Gasteiger partial charge in [-0.25, -0.2) is 4.98 Å². The van der Waals surface area contributed by atoms with Crippen LogP contribution in [0.25, 0.3) is 22.2 Å². The average Bonchev–Trinajstić information content (AvgIpc) is 3.43. The summed E-state index contributed by atoms with van der Waals surface area (Å²) in [6.45, 7) is 1.81. The number of nitrogens with one attached hydrogen (secondary N) is 2. The number of ether oxygens (including phenoxy) is 1. The molecule has 5 heteroatoms. The van der Waals surface area contributed by atoms with E-state index in [0.717, 1.165) is 53.8 Å².